The van der Waals surface area contributed by atoms with Crippen molar-refractivity contribution in [1.29, 1.82) is 0 Å². The van der Waals surface area contributed by atoms with Crippen LogP contribution in [0.3, 0.4) is 0 Å². The van der Waals surface area contributed by atoms with Crippen molar-refractivity contribution in [2.45, 2.75) is 0 Å². The summed E-state index contributed by atoms with van der Waals surface area (Å²) in [4.78, 5) is 19.9. The second-order valence-electron chi connectivity index (χ2n) is 3.37. The summed E-state index contributed by atoms with van der Waals surface area (Å²) in [6.45, 7) is 0. The van der Waals surface area contributed by atoms with E-state index < -0.39 is 11.6 Å². The second-order valence-corrected chi connectivity index (χ2v) is 4.28. The summed E-state index contributed by atoms with van der Waals surface area (Å²) in [6.07, 6.45) is 2.75. The molecule has 0 aliphatic rings. The molecule has 2 aromatic rings. The summed E-state index contributed by atoms with van der Waals surface area (Å²) < 4.78 is 19.1. The molecule has 0 unspecified atom stereocenters. The summed E-state index contributed by atoms with van der Waals surface area (Å²) >= 11 is 3.19. The summed E-state index contributed by atoms with van der Waals surface area (Å²) in [6, 6.07) is 4.12. The molecule has 2 rings (SSSR count). The molecule has 0 saturated heterocycles. The quantitative estimate of drug-likeness (QED) is 0.818. The van der Waals surface area contributed by atoms with Crippen molar-refractivity contribution in [3.8, 4) is 5.88 Å². The molecule has 0 radical (unpaired) electrons. The number of rotatable bonds is 3. The number of carbonyl (C=O) groups excluding carboxylic acids is 1. The van der Waals surface area contributed by atoms with Gasteiger partial charge in [-0.3, -0.25) is 4.79 Å². The van der Waals surface area contributed by atoms with Gasteiger partial charge in [-0.1, -0.05) is 15.9 Å². The smallest absolute Gasteiger partial charge is 0.243 e. The Morgan fingerprint density at radius 3 is 2.78 bits per heavy atom. The predicted octanol–water partition coefficient (Wildman–Crippen LogP) is 2.62. The number of methoxy groups -OCH3 is 1. The van der Waals surface area contributed by atoms with Crippen LogP contribution in [0.15, 0.2) is 35.1 Å². The second kappa shape index (κ2) is 5.22. The average Bonchev–Trinajstić information content (AvgIpc) is 2.40. The van der Waals surface area contributed by atoms with Gasteiger partial charge in [-0.25, -0.2) is 14.4 Å². The third-order valence-corrected chi connectivity index (χ3v) is 2.74. The SMILES string of the molecule is COc1nccnc1C(=O)c1cc(Br)ccc1F. The monoisotopic (exact) mass is 310 g/mol. The number of hydrogen-bond acceptors (Lipinski definition) is 4. The predicted molar refractivity (Wildman–Crippen MR) is 66.1 cm³/mol. The van der Waals surface area contributed by atoms with E-state index in [2.05, 4.69) is 25.9 Å². The Labute approximate surface area is 111 Å². The van der Waals surface area contributed by atoms with E-state index in [1.165, 1.54) is 37.7 Å². The fraction of sp³-hybridized carbons (Fsp3) is 0.0833. The lowest BCUT2D eigenvalue weighted by Gasteiger charge is -2.06. The van der Waals surface area contributed by atoms with Crippen molar-refractivity contribution in [3.63, 3.8) is 0 Å². The molecule has 0 atom stereocenters. The highest BCUT2D eigenvalue weighted by molar-refractivity contribution is 9.10. The standard InChI is InChI=1S/C12H8BrFN2O2/c1-18-12-10(15-4-5-16-12)11(17)8-6-7(13)2-3-9(8)14/h2-6H,1H3. The highest BCUT2D eigenvalue weighted by Crippen LogP contribution is 2.21. The molecule has 0 saturated carbocycles. The van der Waals surface area contributed by atoms with E-state index in [0.29, 0.717) is 4.47 Å². The topological polar surface area (TPSA) is 52.1 Å². The van der Waals surface area contributed by atoms with Crippen LogP contribution in [0.1, 0.15) is 16.1 Å². The molecule has 1 heterocycles. The maximum Gasteiger partial charge on any atom is 0.243 e. The Hall–Kier alpha value is -1.82. The fourth-order valence-electron chi connectivity index (χ4n) is 1.43. The first-order chi connectivity index (χ1) is 8.63. The maximum absolute atomic E-state index is 13.6. The van der Waals surface area contributed by atoms with E-state index in [0.717, 1.165) is 0 Å². The molecule has 0 N–H and O–H groups in total. The molecule has 0 fully saturated rings. The van der Waals surface area contributed by atoms with Crippen molar-refractivity contribution in [2.75, 3.05) is 7.11 Å². The lowest BCUT2D eigenvalue weighted by atomic mass is 10.1. The van der Waals surface area contributed by atoms with Gasteiger partial charge in [0.25, 0.3) is 0 Å². The summed E-state index contributed by atoms with van der Waals surface area (Å²) in [5, 5.41) is 0. The van der Waals surface area contributed by atoms with Gasteiger partial charge in [-0.05, 0) is 18.2 Å². The molecule has 0 bridgehead atoms. The van der Waals surface area contributed by atoms with Crippen molar-refractivity contribution in [3.05, 3.63) is 52.1 Å². The number of carbonyl (C=O) groups is 1. The third kappa shape index (κ3) is 2.38. The Kier molecular flexibility index (Phi) is 3.66. The molecule has 0 aliphatic carbocycles. The molecule has 0 amide bonds. The number of aromatic nitrogens is 2. The minimum atomic E-state index is -0.615. The Bertz CT molecular complexity index is 604. The Morgan fingerprint density at radius 2 is 2.06 bits per heavy atom. The van der Waals surface area contributed by atoms with Crippen molar-refractivity contribution < 1.29 is 13.9 Å². The number of nitrogens with zero attached hydrogens (tertiary/aromatic N) is 2. The van der Waals surface area contributed by atoms with Crippen molar-refractivity contribution >= 4 is 21.7 Å². The van der Waals surface area contributed by atoms with Crippen LogP contribution >= 0.6 is 15.9 Å². The van der Waals surface area contributed by atoms with Gasteiger partial charge < -0.3 is 4.74 Å². The first kappa shape index (κ1) is 12.6. The number of halogens is 2. The van der Waals surface area contributed by atoms with E-state index in [-0.39, 0.29) is 17.1 Å². The van der Waals surface area contributed by atoms with Crippen LogP contribution in [0, 0.1) is 5.82 Å². The normalized spacial score (nSPS) is 10.2. The zero-order valence-electron chi connectivity index (χ0n) is 9.35. The maximum atomic E-state index is 13.6. The van der Waals surface area contributed by atoms with Gasteiger partial charge in [-0.2, -0.15) is 0 Å². The molecule has 1 aromatic carbocycles. The molecular weight excluding hydrogens is 303 g/mol. The van der Waals surface area contributed by atoms with E-state index in [1.54, 1.807) is 0 Å². The van der Waals surface area contributed by atoms with Crippen LogP contribution < -0.4 is 4.74 Å². The number of hydrogen-bond donors (Lipinski definition) is 0. The molecule has 6 heteroatoms. The molecule has 4 nitrogen and oxygen atoms in total. The van der Waals surface area contributed by atoms with Gasteiger partial charge in [0.05, 0.1) is 12.7 Å². The van der Waals surface area contributed by atoms with Crippen LogP contribution in [0.5, 0.6) is 5.88 Å². The van der Waals surface area contributed by atoms with Gasteiger partial charge >= 0.3 is 0 Å². The van der Waals surface area contributed by atoms with E-state index in [1.807, 2.05) is 0 Å². The van der Waals surface area contributed by atoms with Gasteiger partial charge in [-0.15, -0.1) is 0 Å². The Morgan fingerprint density at radius 1 is 1.33 bits per heavy atom. The summed E-state index contributed by atoms with van der Waals surface area (Å²) in [7, 11) is 1.37. The minimum Gasteiger partial charge on any atom is -0.479 e. The zero-order valence-corrected chi connectivity index (χ0v) is 10.9. The van der Waals surface area contributed by atoms with Gasteiger partial charge in [0.15, 0.2) is 5.69 Å². The minimum absolute atomic E-state index is 0.0167. The van der Waals surface area contributed by atoms with Crippen LogP contribution in [-0.2, 0) is 0 Å². The van der Waals surface area contributed by atoms with Crippen molar-refractivity contribution in [1.82, 2.24) is 9.97 Å². The largest absolute Gasteiger partial charge is 0.479 e. The number of benzene rings is 1. The highest BCUT2D eigenvalue weighted by atomic mass is 79.9. The van der Waals surface area contributed by atoms with Crippen molar-refractivity contribution in [2.24, 2.45) is 0 Å². The first-order valence-corrected chi connectivity index (χ1v) is 5.77. The molecule has 0 aliphatic heterocycles. The van der Waals surface area contributed by atoms with E-state index in [9.17, 15) is 9.18 Å². The number of ether oxygens (including phenoxy) is 1. The van der Waals surface area contributed by atoms with Crippen LogP contribution in [0.4, 0.5) is 4.39 Å². The lowest BCUT2D eigenvalue weighted by Crippen LogP contribution is -2.09. The highest BCUT2D eigenvalue weighted by Gasteiger charge is 2.20. The third-order valence-electron chi connectivity index (χ3n) is 2.25. The summed E-state index contributed by atoms with van der Waals surface area (Å²) in [5.41, 5.74) is -0.0971. The fourth-order valence-corrected chi connectivity index (χ4v) is 1.79. The summed E-state index contributed by atoms with van der Waals surface area (Å²) in [5.74, 6) is -1.11. The van der Waals surface area contributed by atoms with E-state index in [4.69, 9.17) is 4.74 Å². The van der Waals surface area contributed by atoms with Crippen LogP contribution in [-0.4, -0.2) is 22.9 Å². The molecule has 18 heavy (non-hydrogen) atoms. The van der Waals surface area contributed by atoms with Gasteiger partial charge in [0.1, 0.15) is 5.82 Å². The Balaban J connectivity index is 2.51. The lowest BCUT2D eigenvalue weighted by molar-refractivity contribution is 0.102. The van der Waals surface area contributed by atoms with Crippen LogP contribution in [0.2, 0.25) is 0 Å². The first-order valence-electron chi connectivity index (χ1n) is 4.98. The number of ketones is 1. The molecule has 1 aromatic heterocycles. The molecule has 92 valence electrons. The van der Waals surface area contributed by atoms with Crippen LogP contribution in [0.25, 0.3) is 0 Å². The van der Waals surface area contributed by atoms with Gasteiger partial charge in [0, 0.05) is 16.9 Å². The van der Waals surface area contributed by atoms with Gasteiger partial charge in [0.2, 0.25) is 11.7 Å². The molecule has 0 spiro atoms. The molecular formula is C12H8BrFN2O2. The average molecular weight is 311 g/mol. The van der Waals surface area contributed by atoms with E-state index >= 15 is 0 Å². The zero-order chi connectivity index (χ0) is 13.1.